The monoisotopic (exact) mass is 349 g/mol. The van der Waals surface area contributed by atoms with Gasteiger partial charge in [-0.05, 0) is 25.8 Å². The Kier molecular flexibility index (Phi) is 4.57. The van der Waals surface area contributed by atoms with E-state index in [0.29, 0.717) is 5.56 Å². The van der Waals surface area contributed by atoms with E-state index in [1.807, 2.05) is 6.92 Å². The Balaban J connectivity index is 1.49. The Hall–Kier alpha value is -2.88. The van der Waals surface area contributed by atoms with Gasteiger partial charge in [0.05, 0.1) is 17.4 Å². The summed E-state index contributed by atoms with van der Waals surface area (Å²) in [4.78, 5) is 20.5. The second kappa shape index (κ2) is 7.16. The molecule has 7 heteroatoms. The third kappa shape index (κ3) is 3.27. The molecule has 26 heavy (non-hydrogen) atoms. The lowest BCUT2D eigenvalue weighted by Crippen LogP contribution is -2.47. The van der Waals surface area contributed by atoms with Gasteiger partial charge in [0, 0.05) is 57.2 Å². The fourth-order valence-corrected chi connectivity index (χ4v) is 3.67. The topological polar surface area (TPSA) is 72.2 Å². The lowest BCUT2D eigenvalue weighted by Gasteiger charge is -2.37. The lowest BCUT2D eigenvalue weighted by atomic mass is 10.2. The van der Waals surface area contributed by atoms with Crippen molar-refractivity contribution in [2.24, 2.45) is 0 Å². The summed E-state index contributed by atoms with van der Waals surface area (Å²) in [6, 6.07) is 6.11. The molecule has 0 radical (unpaired) electrons. The predicted octanol–water partition coefficient (Wildman–Crippen LogP) is 1.98. The minimum atomic E-state index is 0.683. The van der Waals surface area contributed by atoms with E-state index in [0.717, 1.165) is 62.4 Å². The number of rotatable bonds is 3. The maximum atomic E-state index is 9.31. The molecule has 2 aliphatic heterocycles. The van der Waals surface area contributed by atoms with Crippen LogP contribution in [0.25, 0.3) is 0 Å². The van der Waals surface area contributed by atoms with Crippen molar-refractivity contribution in [3.05, 3.63) is 35.8 Å². The predicted molar refractivity (Wildman–Crippen MR) is 102 cm³/mol. The highest BCUT2D eigenvalue weighted by Gasteiger charge is 2.22. The summed E-state index contributed by atoms with van der Waals surface area (Å²) in [6.07, 6.45) is 5.89. The molecule has 0 atom stereocenters. The lowest BCUT2D eigenvalue weighted by molar-refractivity contribution is 0.644. The smallest absolute Gasteiger partial charge is 0.227 e. The first-order valence-electron chi connectivity index (χ1n) is 9.19. The first-order valence-corrected chi connectivity index (χ1v) is 9.19. The first-order chi connectivity index (χ1) is 12.7. The van der Waals surface area contributed by atoms with Gasteiger partial charge in [0.25, 0.3) is 0 Å². The summed E-state index contributed by atoms with van der Waals surface area (Å²) in [6.45, 7) is 7.58. The van der Waals surface area contributed by atoms with Crippen molar-refractivity contribution in [2.75, 3.05) is 54.0 Å². The van der Waals surface area contributed by atoms with Crippen molar-refractivity contribution in [3.8, 4) is 6.07 Å². The van der Waals surface area contributed by atoms with E-state index < -0.39 is 0 Å². The highest BCUT2D eigenvalue weighted by molar-refractivity contribution is 5.59. The fourth-order valence-electron chi connectivity index (χ4n) is 3.67. The molecule has 0 saturated carbocycles. The van der Waals surface area contributed by atoms with E-state index in [2.05, 4.69) is 36.8 Å². The second-order valence-electron chi connectivity index (χ2n) is 6.84. The molecule has 2 aliphatic rings. The van der Waals surface area contributed by atoms with Crippen LogP contribution in [0.2, 0.25) is 0 Å². The zero-order valence-electron chi connectivity index (χ0n) is 15.1. The summed E-state index contributed by atoms with van der Waals surface area (Å²) in [5, 5.41) is 9.31. The van der Waals surface area contributed by atoms with Gasteiger partial charge in [-0.25, -0.2) is 4.98 Å². The van der Waals surface area contributed by atoms with Gasteiger partial charge in [-0.3, -0.25) is 4.98 Å². The average molecular weight is 349 g/mol. The summed E-state index contributed by atoms with van der Waals surface area (Å²) < 4.78 is 0. The van der Waals surface area contributed by atoms with Crippen molar-refractivity contribution < 1.29 is 0 Å². The number of pyridine rings is 1. The standard InChI is InChI=1S/C19H23N7/c1-15-12-18(23-19(22-15)26-6-2-3-7-26)25-10-8-24(9-11-25)17-14-21-5-4-16(17)13-20/h4-5,12,14H,2-3,6-11H2,1H3. The molecule has 2 fully saturated rings. The minimum Gasteiger partial charge on any atom is -0.366 e. The number of nitriles is 1. The molecule has 2 aromatic heterocycles. The van der Waals surface area contributed by atoms with E-state index in [9.17, 15) is 5.26 Å². The van der Waals surface area contributed by atoms with Crippen LogP contribution in [0, 0.1) is 18.3 Å². The van der Waals surface area contributed by atoms with Gasteiger partial charge >= 0.3 is 0 Å². The zero-order valence-corrected chi connectivity index (χ0v) is 15.1. The van der Waals surface area contributed by atoms with Crippen LogP contribution in [0.4, 0.5) is 17.5 Å². The first kappa shape index (κ1) is 16.6. The van der Waals surface area contributed by atoms with Crippen LogP contribution < -0.4 is 14.7 Å². The molecule has 0 unspecified atom stereocenters. The normalized spacial score (nSPS) is 17.5. The van der Waals surface area contributed by atoms with E-state index in [1.54, 1.807) is 18.5 Å². The van der Waals surface area contributed by atoms with Crippen molar-refractivity contribution >= 4 is 17.5 Å². The Bertz CT molecular complexity index is 815. The second-order valence-corrected chi connectivity index (χ2v) is 6.84. The van der Waals surface area contributed by atoms with E-state index in [4.69, 9.17) is 4.98 Å². The SMILES string of the molecule is Cc1cc(N2CCN(c3cnccc3C#N)CC2)nc(N2CCCC2)n1. The molecule has 7 nitrogen and oxygen atoms in total. The van der Waals surface area contributed by atoms with Gasteiger partial charge in [0.1, 0.15) is 11.9 Å². The minimum absolute atomic E-state index is 0.683. The average Bonchev–Trinajstić information content (AvgIpc) is 3.22. The van der Waals surface area contributed by atoms with Crippen molar-refractivity contribution in [1.82, 2.24) is 15.0 Å². The summed E-state index contributed by atoms with van der Waals surface area (Å²) >= 11 is 0. The maximum absolute atomic E-state index is 9.31. The maximum Gasteiger partial charge on any atom is 0.227 e. The Labute approximate surface area is 153 Å². The largest absolute Gasteiger partial charge is 0.366 e. The Morgan fingerprint density at radius 1 is 0.962 bits per heavy atom. The van der Waals surface area contributed by atoms with E-state index in [1.165, 1.54) is 12.8 Å². The van der Waals surface area contributed by atoms with Crippen LogP contribution in [0.15, 0.2) is 24.5 Å². The third-order valence-corrected chi connectivity index (χ3v) is 5.08. The van der Waals surface area contributed by atoms with Gasteiger partial charge in [0.2, 0.25) is 5.95 Å². The molecular formula is C19H23N7. The van der Waals surface area contributed by atoms with Gasteiger partial charge in [-0.1, -0.05) is 0 Å². The number of piperazine rings is 1. The molecule has 2 saturated heterocycles. The number of hydrogen-bond donors (Lipinski definition) is 0. The third-order valence-electron chi connectivity index (χ3n) is 5.08. The van der Waals surface area contributed by atoms with Crippen LogP contribution in [-0.2, 0) is 0 Å². The molecule has 4 rings (SSSR count). The molecule has 0 spiro atoms. The molecule has 0 aromatic carbocycles. The molecule has 134 valence electrons. The van der Waals surface area contributed by atoms with Crippen LogP contribution in [0.5, 0.6) is 0 Å². The van der Waals surface area contributed by atoms with Gasteiger partial charge < -0.3 is 14.7 Å². The molecular weight excluding hydrogens is 326 g/mol. The Morgan fingerprint density at radius 2 is 1.69 bits per heavy atom. The van der Waals surface area contributed by atoms with Gasteiger partial charge in [0.15, 0.2) is 0 Å². The molecule has 0 bridgehead atoms. The van der Waals surface area contributed by atoms with Crippen LogP contribution >= 0.6 is 0 Å². The molecule has 0 N–H and O–H groups in total. The van der Waals surface area contributed by atoms with Gasteiger partial charge in [-0.2, -0.15) is 10.2 Å². The summed E-state index contributed by atoms with van der Waals surface area (Å²) in [5.41, 5.74) is 2.62. The molecule has 4 heterocycles. The number of anilines is 3. The van der Waals surface area contributed by atoms with Crippen LogP contribution in [-0.4, -0.2) is 54.2 Å². The number of aryl methyl sites for hydroxylation is 1. The Morgan fingerprint density at radius 3 is 2.42 bits per heavy atom. The number of hydrogen-bond acceptors (Lipinski definition) is 7. The zero-order chi connectivity index (χ0) is 17.9. The summed E-state index contributed by atoms with van der Waals surface area (Å²) in [7, 11) is 0. The van der Waals surface area contributed by atoms with E-state index in [-0.39, 0.29) is 0 Å². The van der Waals surface area contributed by atoms with E-state index >= 15 is 0 Å². The highest BCUT2D eigenvalue weighted by Crippen LogP contribution is 2.24. The number of aromatic nitrogens is 3. The number of nitrogens with zero attached hydrogens (tertiary/aromatic N) is 7. The van der Waals surface area contributed by atoms with Crippen LogP contribution in [0.3, 0.4) is 0 Å². The summed E-state index contributed by atoms with van der Waals surface area (Å²) in [5.74, 6) is 1.87. The van der Waals surface area contributed by atoms with Crippen LogP contribution in [0.1, 0.15) is 24.1 Å². The fraction of sp³-hybridized carbons (Fsp3) is 0.474. The van der Waals surface area contributed by atoms with Crippen molar-refractivity contribution in [2.45, 2.75) is 19.8 Å². The van der Waals surface area contributed by atoms with Crippen molar-refractivity contribution in [1.29, 1.82) is 5.26 Å². The molecule has 0 aliphatic carbocycles. The molecule has 0 amide bonds. The highest BCUT2D eigenvalue weighted by atomic mass is 15.3. The van der Waals surface area contributed by atoms with Gasteiger partial charge in [-0.15, -0.1) is 0 Å². The molecule has 2 aromatic rings. The van der Waals surface area contributed by atoms with Crippen molar-refractivity contribution in [3.63, 3.8) is 0 Å². The quantitative estimate of drug-likeness (QED) is 0.839.